The van der Waals surface area contributed by atoms with Gasteiger partial charge in [0.2, 0.25) is 0 Å². The van der Waals surface area contributed by atoms with Gasteiger partial charge in [-0.1, -0.05) is 12.1 Å². The van der Waals surface area contributed by atoms with Gasteiger partial charge in [-0.25, -0.2) is 14.6 Å². The molecule has 5 aromatic rings. The summed E-state index contributed by atoms with van der Waals surface area (Å²) in [4.78, 5) is 29.5. The van der Waals surface area contributed by atoms with Crippen LogP contribution in [0.25, 0.3) is 31.8 Å². The van der Waals surface area contributed by atoms with E-state index in [1.807, 2.05) is 24.3 Å². The summed E-state index contributed by atoms with van der Waals surface area (Å²) in [7, 11) is 1.55. The van der Waals surface area contributed by atoms with Gasteiger partial charge in [-0.15, -0.1) is 11.3 Å². The van der Waals surface area contributed by atoms with Gasteiger partial charge in [0.25, 0.3) is 0 Å². The van der Waals surface area contributed by atoms with E-state index in [1.165, 1.54) is 17.4 Å². The molecule has 5 rings (SSSR count). The molecule has 7 heteroatoms. The number of hydrogen-bond donors (Lipinski definition) is 0. The Morgan fingerprint density at radius 2 is 1.74 bits per heavy atom. The van der Waals surface area contributed by atoms with E-state index in [9.17, 15) is 9.59 Å². The number of carbonyl (C=O) groups is 1. The average molecular weight is 429 g/mol. The lowest BCUT2D eigenvalue weighted by Crippen LogP contribution is -2.08. The molecule has 31 heavy (non-hydrogen) atoms. The summed E-state index contributed by atoms with van der Waals surface area (Å²) in [6, 6.07) is 21.0. The third kappa shape index (κ3) is 3.67. The number of carbonyl (C=O) groups excluding carboxylic acids is 1. The second-order valence-corrected chi connectivity index (χ2v) is 7.78. The highest BCUT2D eigenvalue weighted by Gasteiger charge is 2.14. The molecule has 2 heterocycles. The quantitative estimate of drug-likeness (QED) is 0.219. The molecule has 0 fully saturated rings. The predicted octanol–water partition coefficient (Wildman–Crippen LogP) is 5.30. The van der Waals surface area contributed by atoms with Crippen LogP contribution in [0.2, 0.25) is 0 Å². The molecule has 0 unspecified atom stereocenters. The van der Waals surface area contributed by atoms with Crippen LogP contribution in [0.1, 0.15) is 10.4 Å². The van der Waals surface area contributed by atoms with Gasteiger partial charge in [-0.05, 0) is 54.6 Å². The fourth-order valence-corrected chi connectivity index (χ4v) is 4.15. The lowest BCUT2D eigenvalue weighted by atomic mass is 10.2. The predicted molar refractivity (Wildman–Crippen MR) is 119 cm³/mol. The third-order valence-corrected chi connectivity index (χ3v) is 5.84. The maximum atomic E-state index is 12.6. The lowest BCUT2D eigenvalue weighted by molar-refractivity contribution is 0.0735. The molecule has 0 aliphatic heterocycles. The van der Waals surface area contributed by atoms with Crippen molar-refractivity contribution in [2.45, 2.75) is 0 Å². The van der Waals surface area contributed by atoms with Crippen LogP contribution in [0, 0.1) is 0 Å². The van der Waals surface area contributed by atoms with Gasteiger partial charge < -0.3 is 13.9 Å². The van der Waals surface area contributed by atoms with Crippen molar-refractivity contribution in [1.29, 1.82) is 0 Å². The van der Waals surface area contributed by atoms with Crippen LogP contribution in [0.4, 0.5) is 0 Å². The molecule has 0 saturated heterocycles. The minimum Gasteiger partial charge on any atom is -0.497 e. The smallest absolute Gasteiger partial charge is 0.346 e. The molecule has 3 aromatic carbocycles. The third-order valence-electron chi connectivity index (χ3n) is 4.77. The molecule has 0 atom stereocenters. The largest absolute Gasteiger partial charge is 0.497 e. The number of ether oxygens (including phenoxy) is 2. The zero-order valence-electron chi connectivity index (χ0n) is 16.3. The fraction of sp³-hybridized carbons (Fsp3) is 0.0417. The van der Waals surface area contributed by atoms with Gasteiger partial charge in [-0.3, -0.25) is 0 Å². The van der Waals surface area contributed by atoms with E-state index in [1.54, 1.807) is 49.6 Å². The second-order valence-electron chi connectivity index (χ2n) is 6.75. The fourth-order valence-electron chi connectivity index (χ4n) is 3.18. The Bertz CT molecular complexity index is 1450. The first-order valence-electron chi connectivity index (χ1n) is 9.41. The Kier molecular flexibility index (Phi) is 4.72. The minimum atomic E-state index is -0.518. The van der Waals surface area contributed by atoms with Crippen molar-refractivity contribution in [3.63, 3.8) is 0 Å². The molecule has 0 amide bonds. The summed E-state index contributed by atoms with van der Waals surface area (Å²) in [6.45, 7) is 0. The molecule has 0 N–H and O–H groups in total. The first-order valence-corrected chi connectivity index (χ1v) is 10.2. The molecule has 0 spiro atoms. The minimum absolute atomic E-state index is 0.282. The van der Waals surface area contributed by atoms with Crippen molar-refractivity contribution in [3.05, 3.63) is 88.8 Å². The van der Waals surface area contributed by atoms with Crippen molar-refractivity contribution in [2.24, 2.45) is 0 Å². The molecular weight excluding hydrogens is 414 g/mol. The summed E-state index contributed by atoms with van der Waals surface area (Å²) >= 11 is 1.44. The number of thiazole rings is 1. The lowest BCUT2D eigenvalue weighted by Gasteiger charge is -2.06. The van der Waals surface area contributed by atoms with Gasteiger partial charge in [0.15, 0.2) is 0 Å². The summed E-state index contributed by atoms with van der Waals surface area (Å²) in [5, 5.41) is 1.31. The number of para-hydroxylation sites is 1. The van der Waals surface area contributed by atoms with Crippen LogP contribution in [-0.4, -0.2) is 18.1 Å². The molecule has 0 saturated carbocycles. The number of fused-ring (bicyclic) bond motifs is 2. The Hall–Kier alpha value is -3.97. The van der Waals surface area contributed by atoms with Crippen molar-refractivity contribution < 1.29 is 18.7 Å². The van der Waals surface area contributed by atoms with Gasteiger partial charge in [0, 0.05) is 11.5 Å². The average Bonchev–Trinajstić information content (AvgIpc) is 3.22. The summed E-state index contributed by atoms with van der Waals surface area (Å²) < 4.78 is 17.0. The molecule has 0 aliphatic rings. The van der Waals surface area contributed by atoms with Gasteiger partial charge in [0.05, 0.1) is 28.5 Å². The molecule has 2 aromatic heterocycles. The zero-order valence-corrected chi connectivity index (χ0v) is 17.1. The highest BCUT2D eigenvalue weighted by molar-refractivity contribution is 7.21. The van der Waals surface area contributed by atoms with E-state index in [0.717, 1.165) is 10.2 Å². The summed E-state index contributed by atoms with van der Waals surface area (Å²) in [5.74, 6) is 0.410. The van der Waals surface area contributed by atoms with Crippen LogP contribution in [0.15, 0.2) is 82.0 Å². The number of rotatable bonds is 4. The van der Waals surface area contributed by atoms with Crippen molar-refractivity contribution in [1.82, 2.24) is 4.98 Å². The van der Waals surface area contributed by atoms with Gasteiger partial charge in [0.1, 0.15) is 22.1 Å². The Balaban J connectivity index is 1.45. The molecular formula is C24H15NO5S. The van der Waals surface area contributed by atoms with Crippen LogP contribution in [0.3, 0.4) is 0 Å². The highest BCUT2D eigenvalue weighted by atomic mass is 32.1. The standard InChI is InChI=1S/C24H15NO5S/c1-28-16-9-6-14(7-10-16)23(26)29-17-11-8-15-12-18(24(27)30-20(15)13-17)22-25-19-4-2-3-5-21(19)31-22/h2-13H,1H3. The first kappa shape index (κ1) is 19.0. The van der Waals surface area contributed by atoms with E-state index < -0.39 is 11.6 Å². The molecule has 0 aliphatic carbocycles. The number of aromatic nitrogens is 1. The molecule has 152 valence electrons. The molecule has 0 bridgehead atoms. The summed E-state index contributed by atoms with van der Waals surface area (Å²) in [5.41, 5.74) is 1.45. The van der Waals surface area contributed by atoms with Crippen LogP contribution >= 0.6 is 11.3 Å². The normalized spacial score (nSPS) is 11.0. The van der Waals surface area contributed by atoms with E-state index in [4.69, 9.17) is 13.9 Å². The Morgan fingerprint density at radius 1 is 0.968 bits per heavy atom. The van der Waals surface area contributed by atoms with E-state index >= 15 is 0 Å². The number of methoxy groups -OCH3 is 1. The molecule has 0 radical (unpaired) electrons. The van der Waals surface area contributed by atoms with E-state index in [-0.39, 0.29) is 5.75 Å². The first-order chi connectivity index (χ1) is 15.1. The monoisotopic (exact) mass is 429 g/mol. The SMILES string of the molecule is COc1ccc(C(=O)Oc2ccc3cc(-c4nc5ccccc5s4)c(=O)oc3c2)cc1. The van der Waals surface area contributed by atoms with Crippen molar-refractivity contribution in [3.8, 4) is 22.1 Å². The van der Waals surface area contributed by atoms with E-state index in [2.05, 4.69) is 4.98 Å². The Labute approximate surface area is 180 Å². The van der Waals surface area contributed by atoms with Crippen molar-refractivity contribution >= 4 is 38.5 Å². The van der Waals surface area contributed by atoms with Crippen LogP contribution in [-0.2, 0) is 0 Å². The second kappa shape index (κ2) is 7.70. The van der Waals surface area contributed by atoms with E-state index in [0.29, 0.717) is 32.9 Å². The number of esters is 1. The maximum absolute atomic E-state index is 12.6. The topological polar surface area (TPSA) is 78.6 Å². The van der Waals surface area contributed by atoms with Crippen LogP contribution in [0.5, 0.6) is 11.5 Å². The maximum Gasteiger partial charge on any atom is 0.346 e. The number of nitrogens with zero attached hydrogens (tertiary/aromatic N) is 1. The van der Waals surface area contributed by atoms with Crippen LogP contribution < -0.4 is 15.1 Å². The van der Waals surface area contributed by atoms with Crippen molar-refractivity contribution in [2.75, 3.05) is 7.11 Å². The Morgan fingerprint density at radius 3 is 2.52 bits per heavy atom. The zero-order chi connectivity index (χ0) is 21.4. The van der Waals surface area contributed by atoms with Gasteiger partial charge in [-0.2, -0.15) is 0 Å². The highest BCUT2D eigenvalue weighted by Crippen LogP contribution is 2.30. The molecule has 6 nitrogen and oxygen atoms in total. The number of hydrogen-bond acceptors (Lipinski definition) is 7. The summed E-state index contributed by atoms with van der Waals surface area (Å²) in [6.07, 6.45) is 0. The van der Waals surface area contributed by atoms with Gasteiger partial charge >= 0.3 is 11.6 Å². The number of benzene rings is 3.